The molecule has 3 rings (SSSR count). The highest BCUT2D eigenvalue weighted by atomic mass is 127. The van der Waals surface area contributed by atoms with Crippen molar-refractivity contribution in [3.8, 4) is 0 Å². The van der Waals surface area contributed by atoms with Gasteiger partial charge < -0.3 is 15.5 Å². The first-order valence-corrected chi connectivity index (χ1v) is 9.47. The first-order valence-electron chi connectivity index (χ1n) is 9.09. The van der Waals surface area contributed by atoms with E-state index in [4.69, 9.17) is 11.6 Å². The summed E-state index contributed by atoms with van der Waals surface area (Å²) in [5.74, 6) is 0.870. The van der Waals surface area contributed by atoms with Gasteiger partial charge in [-0.1, -0.05) is 17.7 Å². The molecule has 1 saturated heterocycles. The number of rotatable bonds is 6. The Morgan fingerprint density at radius 1 is 1.41 bits per heavy atom. The Kier molecular flexibility index (Phi) is 8.69. The predicted molar refractivity (Wildman–Crippen MR) is 124 cm³/mol. The van der Waals surface area contributed by atoms with Gasteiger partial charge in [-0.2, -0.15) is 5.10 Å². The number of aryl methyl sites for hydroxylation is 2. The van der Waals surface area contributed by atoms with E-state index in [0.29, 0.717) is 6.04 Å². The maximum atomic E-state index is 6.11. The molecule has 0 aliphatic carbocycles. The monoisotopic (exact) mass is 502 g/mol. The minimum Gasteiger partial charge on any atom is -0.369 e. The van der Waals surface area contributed by atoms with Gasteiger partial charge in [-0.3, -0.25) is 9.67 Å². The zero-order valence-corrected chi connectivity index (χ0v) is 18.9. The van der Waals surface area contributed by atoms with E-state index in [0.717, 1.165) is 49.9 Å². The molecule has 2 N–H and O–H groups in total. The Labute approximate surface area is 183 Å². The Morgan fingerprint density at radius 2 is 2.26 bits per heavy atom. The summed E-state index contributed by atoms with van der Waals surface area (Å²) in [6.45, 7) is 2.87. The molecule has 0 saturated carbocycles. The molecule has 8 heteroatoms. The number of nitrogens with one attached hydrogen (secondary N) is 2. The predicted octanol–water partition coefficient (Wildman–Crippen LogP) is 3.07. The number of aromatic nitrogens is 2. The molecule has 0 radical (unpaired) electrons. The molecule has 1 fully saturated rings. The van der Waals surface area contributed by atoms with Crippen molar-refractivity contribution in [2.24, 2.45) is 12.0 Å². The van der Waals surface area contributed by atoms with Gasteiger partial charge in [0.2, 0.25) is 0 Å². The number of nitrogens with zero attached hydrogens (tertiary/aromatic N) is 4. The van der Waals surface area contributed by atoms with Crippen molar-refractivity contribution in [2.45, 2.75) is 25.3 Å². The van der Waals surface area contributed by atoms with E-state index >= 15 is 0 Å². The molecule has 1 aromatic heterocycles. The molecule has 2 aromatic rings. The lowest BCUT2D eigenvalue weighted by atomic mass is 10.2. The van der Waals surface area contributed by atoms with Crippen molar-refractivity contribution in [3.63, 3.8) is 0 Å². The third kappa shape index (κ3) is 6.57. The lowest BCUT2D eigenvalue weighted by Gasteiger charge is -2.20. The van der Waals surface area contributed by atoms with Crippen LogP contribution in [0, 0.1) is 0 Å². The molecule has 0 spiro atoms. The smallest absolute Gasteiger partial charge is 0.191 e. The van der Waals surface area contributed by atoms with Crippen molar-refractivity contribution in [1.82, 2.24) is 20.4 Å². The van der Waals surface area contributed by atoms with Crippen LogP contribution in [0.15, 0.2) is 41.7 Å². The first-order chi connectivity index (χ1) is 12.6. The molecule has 0 bridgehead atoms. The minimum atomic E-state index is 0. The molecule has 2 heterocycles. The van der Waals surface area contributed by atoms with Crippen LogP contribution in [0.2, 0.25) is 5.02 Å². The summed E-state index contributed by atoms with van der Waals surface area (Å²) in [5, 5.41) is 11.9. The fourth-order valence-corrected chi connectivity index (χ4v) is 3.46. The van der Waals surface area contributed by atoms with Crippen LogP contribution >= 0.6 is 35.6 Å². The summed E-state index contributed by atoms with van der Waals surface area (Å²) in [5.41, 5.74) is 2.45. The van der Waals surface area contributed by atoms with E-state index < -0.39 is 0 Å². The van der Waals surface area contributed by atoms with Crippen LogP contribution in [-0.4, -0.2) is 48.5 Å². The number of benzene rings is 1. The van der Waals surface area contributed by atoms with Crippen LogP contribution in [0.1, 0.15) is 18.4 Å². The molecule has 148 valence electrons. The zero-order valence-electron chi connectivity index (χ0n) is 15.9. The standard InChI is InChI=1S/C19H27ClN6.HI/c1-21-19(22-9-4-5-15-12-23-25(2)13-15)24-17-8-10-26(14-17)18-7-3-6-16(20)11-18;/h3,6-7,11-13,17H,4-5,8-10,14H2,1-2H3,(H2,21,22,24);1H. The number of anilines is 1. The second-order valence-corrected chi connectivity index (χ2v) is 7.12. The lowest BCUT2D eigenvalue weighted by molar-refractivity contribution is 0.643. The molecule has 1 atom stereocenters. The first kappa shape index (κ1) is 21.8. The average molecular weight is 503 g/mol. The molecule has 0 amide bonds. The van der Waals surface area contributed by atoms with Gasteiger partial charge in [0.1, 0.15) is 0 Å². The molecule has 1 unspecified atom stereocenters. The summed E-state index contributed by atoms with van der Waals surface area (Å²) < 4.78 is 1.84. The summed E-state index contributed by atoms with van der Waals surface area (Å²) >= 11 is 6.11. The maximum absolute atomic E-state index is 6.11. The van der Waals surface area contributed by atoms with Crippen molar-refractivity contribution >= 4 is 47.2 Å². The van der Waals surface area contributed by atoms with Crippen LogP contribution < -0.4 is 15.5 Å². The molecule has 1 aliphatic rings. The van der Waals surface area contributed by atoms with Crippen molar-refractivity contribution in [2.75, 3.05) is 31.6 Å². The van der Waals surface area contributed by atoms with E-state index in [2.05, 4.69) is 37.9 Å². The van der Waals surface area contributed by atoms with Crippen LogP contribution in [-0.2, 0) is 13.5 Å². The maximum Gasteiger partial charge on any atom is 0.191 e. The largest absolute Gasteiger partial charge is 0.369 e. The van der Waals surface area contributed by atoms with Gasteiger partial charge in [0, 0.05) is 56.7 Å². The van der Waals surface area contributed by atoms with E-state index in [1.807, 2.05) is 43.2 Å². The van der Waals surface area contributed by atoms with Gasteiger partial charge in [-0.05, 0) is 43.0 Å². The fraction of sp³-hybridized carbons (Fsp3) is 0.474. The Bertz CT molecular complexity index is 747. The summed E-state index contributed by atoms with van der Waals surface area (Å²) in [7, 11) is 3.77. The molecular formula is C19H28ClIN6. The van der Waals surface area contributed by atoms with Gasteiger partial charge in [-0.25, -0.2) is 0 Å². The second-order valence-electron chi connectivity index (χ2n) is 6.68. The van der Waals surface area contributed by atoms with Crippen LogP contribution in [0.3, 0.4) is 0 Å². The third-order valence-corrected chi connectivity index (χ3v) is 4.85. The molecule has 27 heavy (non-hydrogen) atoms. The Hall–Kier alpha value is -1.48. The van der Waals surface area contributed by atoms with E-state index in [-0.39, 0.29) is 24.0 Å². The highest BCUT2D eigenvalue weighted by Gasteiger charge is 2.23. The summed E-state index contributed by atoms with van der Waals surface area (Å²) in [6.07, 6.45) is 7.14. The van der Waals surface area contributed by atoms with Crippen LogP contribution in [0.25, 0.3) is 0 Å². The number of guanidine groups is 1. The topological polar surface area (TPSA) is 57.5 Å². The summed E-state index contributed by atoms with van der Waals surface area (Å²) in [6, 6.07) is 8.43. The molecule has 1 aromatic carbocycles. The van der Waals surface area contributed by atoms with Crippen LogP contribution in [0.4, 0.5) is 5.69 Å². The third-order valence-electron chi connectivity index (χ3n) is 4.62. The van der Waals surface area contributed by atoms with Crippen molar-refractivity contribution < 1.29 is 0 Å². The SMILES string of the molecule is CN=C(NCCCc1cnn(C)c1)NC1CCN(c2cccc(Cl)c2)C1.I. The van der Waals surface area contributed by atoms with E-state index in [1.54, 1.807) is 0 Å². The number of aliphatic imine (C=N–C) groups is 1. The quantitative estimate of drug-likeness (QED) is 0.276. The van der Waals surface area contributed by atoms with Gasteiger partial charge in [0.25, 0.3) is 0 Å². The van der Waals surface area contributed by atoms with Crippen molar-refractivity contribution in [3.05, 3.63) is 47.2 Å². The number of hydrogen-bond donors (Lipinski definition) is 2. The van der Waals surface area contributed by atoms with E-state index in [9.17, 15) is 0 Å². The number of hydrogen-bond acceptors (Lipinski definition) is 3. The second kappa shape index (κ2) is 10.8. The highest BCUT2D eigenvalue weighted by Crippen LogP contribution is 2.23. The molecule has 6 nitrogen and oxygen atoms in total. The van der Waals surface area contributed by atoms with Gasteiger partial charge >= 0.3 is 0 Å². The van der Waals surface area contributed by atoms with Gasteiger partial charge in [-0.15, -0.1) is 24.0 Å². The Morgan fingerprint density at radius 3 is 2.96 bits per heavy atom. The van der Waals surface area contributed by atoms with Crippen LogP contribution in [0.5, 0.6) is 0 Å². The van der Waals surface area contributed by atoms with Gasteiger partial charge in [0.15, 0.2) is 5.96 Å². The normalized spacial score (nSPS) is 16.9. The average Bonchev–Trinajstić information content (AvgIpc) is 3.26. The minimum absolute atomic E-state index is 0. The Balaban J connectivity index is 0.00000261. The number of halogens is 2. The van der Waals surface area contributed by atoms with Gasteiger partial charge in [0.05, 0.1) is 6.20 Å². The molecular weight excluding hydrogens is 475 g/mol. The van der Waals surface area contributed by atoms with E-state index in [1.165, 1.54) is 11.3 Å². The molecule has 1 aliphatic heterocycles. The fourth-order valence-electron chi connectivity index (χ4n) is 3.27. The summed E-state index contributed by atoms with van der Waals surface area (Å²) in [4.78, 5) is 6.71. The van der Waals surface area contributed by atoms with Crippen molar-refractivity contribution in [1.29, 1.82) is 0 Å². The zero-order chi connectivity index (χ0) is 18.4. The lowest BCUT2D eigenvalue weighted by Crippen LogP contribution is -2.44. The highest BCUT2D eigenvalue weighted by molar-refractivity contribution is 14.0.